The summed E-state index contributed by atoms with van der Waals surface area (Å²) in [5.41, 5.74) is 1.91. The highest BCUT2D eigenvalue weighted by Gasteiger charge is 2.16. The summed E-state index contributed by atoms with van der Waals surface area (Å²) in [6.07, 6.45) is 7.53. The van der Waals surface area contributed by atoms with Gasteiger partial charge in [-0.1, -0.05) is 29.9 Å². The first-order valence-corrected chi connectivity index (χ1v) is 11.1. The first kappa shape index (κ1) is 25.8. The van der Waals surface area contributed by atoms with E-state index in [1.165, 1.54) is 54.6 Å². The topological polar surface area (TPSA) is 135 Å². The molecule has 7 nitrogen and oxygen atoms in total. The molecule has 7 heteroatoms. The monoisotopic (exact) mass is 486 g/mol. The number of hydrogen-bond acceptors (Lipinski definition) is 7. The number of carbonyl (C=O) groups excluding carboxylic acids is 2. The van der Waals surface area contributed by atoms with E-state index in [-0.39, 0.29) is 58.5 Å². The quantitative estimate of drug-likeness (QED) is 0.158. The molecule has 0 spiro atoms. The summed E-state index contributed by atoms with van der Waals surface area (Å²) in [5.74, 6) is -1.43. The van der Waals surface area contributed by atoms with Crippen molar-refractivity contribution in [3.8, 4) is 28.7 Å². The minimum Gasteiger partial charge on any atom is -0.508 e. The lowest BCUT2D eigenvalue weighted by molar-refractivity contribution is -0.113. The molecular formula is C29H26O7. The Morgan fingerprint density at radius 1 is 0.778 bits per heavy atom. The lowest BCUT2D eigenvalue weighted by Crippen LogP contribution is -1.99. The average Bonchev–Trinajstić information content (AvgIpc) is 2.83. The molecule has 3 rings (SSSR count). The maximum Gasteiger partial charge on any atom is 0.189 e. The van der Waals surface area contributed by atoms with Gasteiger partial charge in [-0.25, -0.2) is 0 Å². The molecule has 0 amide bonds. The van der Waals surface area contributed by atoms with Gasteiger partial charge >= 0.3 is 0 Å². The molecule has 0 aliphatic heterocycles. The number of phenols is 5. The molecule has 184 valence electrons. The number of phenolic OH excluding ortho intramolecular Hbond substituents is 5. The molecule has 0 saturated carbocycles. The van der Waals surface area contributed by atoms with E-state index in [0.717, 1.165) is 11.6 Å². The molecule has 3 aromatic carbocycles. The van der Waals surface area contributed by atoms with Gasteiger partial charge in [0.15, 0.2) is 11.6 Å². The molecule has 0 radical (unpaired) electrons. The van der Waals surface area contributed by atoms with Gasteiger partial charge in [-0.3, -0.25) is 9.59 Å². The molecule has 0 heterocycles. The predicted octanol–water partition coefficient (Wildman–Crippen LogP) is 5.27. The zero-order valence-corrected chi connectivity index (χ0v) is 19.5. The van der Waals surface area contributed by atoms with Crippen LogP contribution in [0.4, 0.5) is 0 Å². The van der Waals surface area contributed by atoms with Crippen molar-refractivity contribution in [2.75, 3.05) is 0 Å². The zero-order valence-electron chi connectivity index (χ0n) is 19.5. The van der Waals surface area contributed by atoms with Gasteiger partial charge < -0.3 is 25.5 Å². The van der Waals surface area contributed by atoms with Crippen LogP contribution in [-0.2, 0) is 11.2 Å². The van der Waals surface area contributed by atoms with Gasteiger partial charge in [-0.2, -0.15) is 0 Å². The molecule has 36 heavy (non-hydrogen) atoms. The van der Waals surface area contributed by atoms with Crippen LogP contribution in [0.1, 0.15) is 40.4 Å². The van der Waals surface area contributed by atoms with E-state index in [1.807, 2.05) is 0 Å². The van der Waals surface area contributed by atoms with Crippen molar-refractivity contribution in [3.63, 3.8) is 0 Å². The third-order valence-corrected chi connectivity index (χ3v) is 5.41. The lowest BCUT2D eigenvalue weighted by atomic mass is 9.99. The van der Waals surface area contributed by atoms with Gasteiger partial charge in [0.05, 0.1) is 5.56 Å². The van der Waals surface area contributed by atoms with Crippen LogP contribution in [0.3, 0.4) is 0 Å². The smallest absolute Gasteiger partial charge is 0.189 e. The fraction of sp³-hybridized carbons (Fsp3) is 0.103. The lowest BCUT2D eigenvalue weighted by Gasteiger charge is -2.09. The fourth-order valence-corrected chi connectivity index (χ4v) is 3.41. The Balaban J connectivity index is 1.69. The summed E-state index contributed by atoms with van der Waals surface area (Å²) in [4.78, 5) is 24.9. The van der Waals surface area contributed by atoms with Crippen molar-refractivity contribution in [1.82, 2.24) is 0 Å². The van der Waals surface area contributed by atoms with Crippen LogP contribution in [0.2, 0.25) is 0 Å². The Bertz CT molecular complexity index is 1360. The number of carbonyl (C=O) groups is 2. The highest BCUT2D eigenvalue weighted by atomic mass is 16.3. The first-order chi connectivity index (χ1) is 17.1. The van der Waals surface area contributed by atoms with Crippen molar-refractivity contribution in [3.05, 3.63) is 101 Å². The molecule has 5 N–H and O–H groups in total. The largest absolute Gasteiger partial charge is 0.508 e. The molecule has 0 fully saturated rings. The molecular weight excluding hydrogens is 460 g/mol. The predicted molar refractivity (Wildman–Crippen MR) is 137 cm³/mol. The van der Waals surface area contributed by atoms with Crippen molar-refractivity contribution in [2.45, 2.75) is 19.8 Å². The summed E-state index contributed by atoms with van der Waals surface area (Å²) in [6, 6.07) is 13.0. The Kier molecular flexibility index (Phi) is 8.30. The Morgan fingerprint density at radius 3 is 2.17 bits per heavy atom. The van der Waals surface area contributed by atoms with Crippen molar-refractivity contribution in [1.29, 1.82) is 0 Å². The number of allylic oxidation sites excluding steroid dienone is 4. The van der Waals surface area contributed by atoms with Crippen LogP contribution in [0, 0.1) is 0 Å². The van der Waals surface area contributed by atoms with Gasteiger partial charge in [0, 0.05) is 23.6 Å². The number of benzene rings is 3. The van der Waals surface area contributed by atoms with Crippen LogP contribution >= 0.6 is 0 Å². The van der Waals surface area contributed by atoms with E-state index in [1.54, 1.807) is 31.2 Å². The second-order valence-corrected chi connectivity index (χ2v) is 8.22. The van der Waals surface area contributed by atoms with E-state index < -0.39 is 5.78 Å². The van der Waals surface area contributed by atoms with Crippen LogP contribution in [0.15, 0.2) is 78.4 Å². The minimum absolute atomic E-state index is 0.0312. The van der Waals surface area contributed by atoms with E-state index in [4.69, 9.17) is 0 Å². The minimum atomic E-state index is -0.545. The number of ketones is 2. The van der Waals surface area contributed by atoms with Crippen LogP contribution in [0.5, 0.6) is 28.7 Å². The van der Waals surface area contributed by atoms with Crippen LogP contribution in [-0.4, -0.2) is 37.1 Å². The molecule has 0 atom stereocenters. The third kappa shape index (κ3) is 6.87. The second-order valence-electron chi connectivity index (χ2n) is 8.22. The first-order valence-electron chi connectivity index (χ1n) is 11.1. The summed E-state index contributed by atoms with van der Waals surface area (Å²) in [7, 11) is 0. The Morgan fingerprint density at radius 2 is 1.47 bits per heavy atom. The van der Waals surface area contributed by atoms with Gasteiger partial charge in [0.25, 0.3) is 0 Å². The number of hydrogen-bond donors (Lipinski definition) is 5. The van der Waals surface area contributed by atoms with Gasteiger partial charge in [-0.15, -0.1) is 0 Å². The van der Waals surface area contributed by atoms with Crippen molar-refractivity contribution < 1.29 is 35.1 Å². The maximum absolute atomic E-state index is 12.6. The zero-order chi connectivity index (χ0) is 26.2. The molecule has 0 bridgehead atoms. The highest BCUT2D eigenvalue weighted by Crippen LogP contribution is 2.32. The summed E-state index contributed by atoms with van der Waals surface area (Å²) < 4.78 is 0. The molecule has 0 aromatic heterocycles. The average molecular weight is 487 g/mol. The van der Waals surface area contributed by atoms with Crippen molar-refractivity contribution in [2.24, 2.45) is 0 Å². The summed E-state index contributed by atoms with van der Waals surface area (Å²) >= 11 is 0. The second kappa shape index (κ2) is 11.6. The highest BCUT2D eigenvalue weighted by molar-refractivity contribution is 6.09. The molecule has 3 aromatic rings. The van der Waals surface area contributed by atoms with Gasteiger partial charge in [0.2, 0.25) is 0 Å². The van der Waals surface area contributed by atoms with Crippen LogP contribution in [0.25, 0.3) is 12.2 Å². The van der Waals surface area contributed by atoms with Crippen molar-refractivity contribution >= 4 is 23.7 Å². The standard InChI is InChI=1S/C29H26O7/c1-18(16-22(31)10-5-19-3-8-21(30)9-4-19)2-12-24-27(34)15-13-25(29(24)36)26(33)14-7-20-6-11-23(32)17-28(20)35/h2-11,13-15,17,30,32,34-36H,12,16H2,1H3/b10-5+,14-7+,18-2-. The van der Waals surface area contributed by atoms with Gasteiger partial charge in [-0.05, 0) is 73.5 Å². The Labute approximate surface area is 208 Å². The van der Waals surface area contributed by atoms with E-state index in [2.05, 4.69) is 0 Å². The van der Waals surface area contributed by atoms with Crippen LogP contribution < -0.4 is 0 Å². The molecule has 0 saturated heterocycles. The van der Waals surface area contributed by atoms with E-state index in [9.17, 15) is 35.1 Å². The Hall–Kier alpha value is -4.78. The maximum atomic E-state index is 12.6. The fourth-order valence-electron chi connectivity index (χ4n) is 3.41. The molecule has 0 aliphatic carbocycles. The van der Waals surface area contributed by atoms with E-state index in [0.29, 0.717) is 11.1 Å². The normalized spacial score (nSPS) is 11.9. The SMILES string of the molecule is C/C(=C/Cc1c(O)ccc(C(=O)/C=C/c2ccc(O)cc2O)c1O)CC(=O)/C=C/c1ccc(O)cc1. The molecule has 0 aliphatic rings. The third-order valence-electron chi connectivity index (χ3n) is 5.41. The summed E-state index contributed by atoms with van der Waals surface area (Å²) in [5, 5.41) is 49.4. The molecule has 0 unspecified atom stereocenters. The summed E-state index contributed by atoms with van der Waals surface area (Å²) in [6.45, 7) is 1.75. The van der Waals surface area contributed by atoms with Gasteiger partial charge in [0.1, 0.15) is 28.7 Å². The number of rotatable bonds is 9. The van der Waals surface area contributed by atoms with E-state index >= 15 is 0 Å². The number of aromatic hydroxyl groups is 5.